The zero-order valence-corrected chi connectivity index (χ0v) is 9.44. The van der Waals surface area contributed by atoms with Crippen LogP contribution in [-0.2, 0) is 0 Å². The fourth-order valence-electron chi connectivity index (χ4n) is 1.99. The van der Waals surface area contributed by atoms with Crippen molar-refractivity contribution in [3.8, 4) is 0 Å². The molecule has 1 aliphatic heterocycles. The van der Waals surface area contributed by atoms with E-state index < -0.39 is 0 Å². The molecule has 16 heavy (non-hydrogen) atoms. The molecule has 1 saturated heterocycles. The van der Waals surface area contributed by atoms with Crippen molar-refractivity contribution < 1.29 is 4.79 Å². The van der Waals surface area contributed by atoms with Crippen molar-refractivity contribution in [2.75, 3.05) is 25.5 Å². The van der Waals surface area contributed by atoms with Crippen LogP contribution in [0.2, 0.25) is 0 Å². The molecule has 0 saturated carbocycles. The van der Waals surface area contributed by atoms with E-state index >= 15 is 0 Å². The number of likely N-dealkylation sites (tertiary alicyclic amines) is 1. The third-order valence-electron chi connectivity index (χ3n) is 2.83. The number of amides is 2. The first kappa shape index (κ1) is 10.8. The predicted octanol–water partition coefficient (Wildman–Crippen LogP) is 1.51. The van der Waals surface area contributed by atoms with Crippen LogP contribution in [0.25, 0.3) is 0 Å². The number of nitrogens with zero attached hydrogens (tertiary/aromatic N) is 1. The van der Waals surface area contributed by atoms with Gasteiger partial charge < -0.3 is 15.5 Å². The van der Waals surface area contributed by atoms with Gasteiger partial charge in [0.1, 0.15) is 0 Å². The van der Waals surface area contributed by atoms with Gasteiger partial charge in [-0.3, -0.25) is 0 Å². The van der Waals surface area contributed by atoms with Crippen LogP contribution in [0.1, 0.15) is 6.42 Å². The van der Waals surface area contributed by atoms with Gasteiger partial charge in [-0.2, -0.15) is 0 Å². The molecule has 0 spiro atoms. The van der Waals surface area contributed by atoms with Gasteiger partial charge in [0.05, 0.1) is 0 Å². The quantitative estimate of drug-likeness (QED) is 0.792. The Morgan fingerprint density at radius 3 is 2.81 bits per heavy atom. The van der Waals surface area contributed by atoms with Crippen LogP contribution < -0.4 is 10.6 Å². The Kier molecular flexibility index (Phi) is 3.29. The molecule has 86 valence electrons. The Balaban J connectivity index is 1.88. The highest BCUT2D eigenvalue weighted by Gasteiger charge is 2.25. The van der Waals surface area contributed by atoms with E-state index in [0.717, 1.165) is 25.2 Å². The Labute approximate surface area is 95.6 Å². The maximum absolute atomic E-state index is 11.4. The lowest BCUT2D eigenvalue weighted by molar-refractivity contribution is 0.211. The molecule has 1 atom stereocenters. The van der Waals surface area contributed by atoms with Crippen molar-refractivity contribution in [3.63, 3.8) is 0 Å². The van der Waals surface area contributed by atoms with Gasteiger partial charge in [0.25, 0.3) is 0 Å². The molecule has 4 heteroatoms. The number of benzene rings is 1. The smallest absolute Gasteiger partial charge is 0.317 e. The predicted molar refractivity (Wildman–Crippen MR) is 64.5 cm³/mol. The van der Waals surface area contributed by atoms with Gasteiger partial charge in [0.2, 0.25) is 0 Å². The van der Waals surface area contributed by atoms with Crippen molar-refractivity contribution in [2.24, 2.45) is 0 Å². The average Bonchev–Trinajstić information content (AvgIpc) is 2.78. The molecule has 2 amide bonds. The van der Waals surface area contributed by atoms with Gasteiger partial charge in [0, 0.05) is 31.9 Å². The lowest BCUT2D eigenvalue weighted by atomic mass is 10.2. The summed E-state index contributed by atoms with van der Waals surface area (Å²) in [6.07, 6.45) is 1.00. The van der Waals surface area contributed by atoms with Gasteiger partial charge in [-0.05, 0) is 18.6 Å². The van der Waals surface area contributed by atoms with E-state index in [9.17, 15) is 4.79 Å². The highest BCUT2D eigenvalue weighted by molar-refractivity contribution is 5.74. The molecule has 0 aromatic heterocycles. The van der Waals surface area contributed by atoms with Crippen molar-refractivity contribution in [1.29, 1.82) is 0 Å². The van der Waals surface area contributed by atoms with Gasteiger partial charge in [0.15, 0.2) is 0 Å². The van der Waals surface area contributed by atoms with Crippen LogP contribution in [-0.4, -0.2) is 37.1 Å². The lowest BCUT2D eigenvalue weighted by Crippen LogP contribution is -2.37. The molecule has 4 nitrogen and oxygen atoms in total. The number of urea groups is 1. The first-order valence-corrected chi connectivity index (χ1v) is 5.58. The number of hydrogen-bond donors (Lipinski definition) is 2. The molecule has 1 aromatic carbocycles. The molecule has 2 rings (SSSR count). The minimum Gasteiger partial charge on any atom is -0.380 e. The second kappa shape index (κ2) is 4.88. The van der Waals surface area contributed by atoms with Crippen LogP contribution >= 0.6 is 0 Å². The van der Waals surface area contributed by atoms with Crippen LogP contribution in [0.5, 0.6) is 0 Å². The Bertz CT molecular complexity index is 353. The minimum atomic E-state index is 0.0114. The van der Waals surface area contributed by atoms with Gasteiger partial charge in [-0.1, -0.05) is 18.2 Å². The third-order valence-corrected chi connectivity index (χ3v) is 2.83. The largest absolute Gasteiger partial charge is 0.380 e. The first-order valence-electron chi connectivity index (χ1n) is 5.58. The summed E-state index contributed by atoms with van der Waals surface area (Å²) in [4.78, 5) is 13.2. The highest BCUT2D eigenvalue weighted by atomic mass is 16.2. The van der Waals surface area contributed by atoms with E-state index in [1.165, 1.54) is 0 Å². The van der Waals surface area contributed by atoms with Crippen molar-refractivity contribution >= 4 is 11.7 Å². The molecule has 1 heterocycles. The standard InChI is InChI=1S/C12H17N3O/c1-13-12(16)15-8-7-11(9-15)14-10-5-3-2-4-6-10/h2-6,11,14H,7-9H2,1H3,(H,13,16)/t11-/m0/s1. The summed E-state index contributed by atoms with van der Waals surface area (Å²) < 4.78 is 0. The lowest BCUT2D eigenvalue weighted by Gasteiger charge is -2.17. The van der Waals surface area contributed by atoms with E-state index in [1.54, 1.807) is 7.05 Å². The zero-order valence-electron chi connectivity index (χ0n) is 9.44. The molecule has 0 radical (unpaired) electrons. The highest BCUT2D eigenvalue weighted by Crippen LogP contribution is 2.15. The molecule has 1 aliphatic rings. The van der Waals surface area contributed by atoms with Gasteiger partial charge in [-0.15, -0.1) is 0 Å². The Morgan fingerprint density at radius 1 is 1.38 bits per heavy atom. The monoisotopic (exact) mass is 219 g/mol. The number of para-hydroxylation sites is 1. The number of rotatable bonds is 2. The second-order valence-corrected chi connectivity index (χ2v) is 4.00. The summed E-state index contributed by atoms with van der Waals surface area (Å²) in [6.45, 7) is 1.60. The van der Waals surface area contributed by atoms with Crippen LogP contribution in [0, 0.1) is 0 Å². The van der Waals surface area contributed by atoms with Crippen LogP contribution in [0.3, 0.4) is 0 Å². The minimum absolute atomic E-state index is 0.0114. The Hall–Kier alpha value is -1.71. The van der Waals surface area contributed by atoms with E-state index in [0.29, 0.717) is 6.04 Å². The molecular weight excluding hydrogens is 202 g/mol. The van der Waals surface area contributed by atoms with Crippen LogP contribution in [0.4, 0.5) is 10.5 Å². The van der Waals surface area contributed by atoms with Crippen molar-refractivity contribution in [1.82, 2.24) is 10.2 Å². The molecule has 0 bridgehead atoms. The molecular formula is C12H17N3O. The van der Waals surface area contributed by atoms with Crippen LogP contribution in [0.15, 0.2) is 30.3 Å². The van der Waals surface area contributed by atoms with Crippen molar-refractivity contribution in [2.45, 2.75) is 12.5 Å². The number of carbonyl (C=O) groups excluding carboxylic acids is 1. The molecule has 0 unspecified atom stereocenters. The molecule has 2 N–H and O–H groups in total. The second-order valence-electron chi connectivity index (χ2n) is 4.00. The summed E-state index contributed by atoms with van der Waals surface area (Å²) >= 11 is 0. The SMILES string of the molecule is CNC(=O)N1CC[C@H](Nc2ccccc2)C1. The average molecular weight is 219 g/mol. The summed E-state index contributed by atoms with van der Waals surface area (Å²) in [5.74, 6) is 0. The fourth-order valence-corrected chi connectivity index (χ4v) is 1.99. The molecule has 0 aliphatic carbocycles. The number of anilines is 1. The van der Waals surface area contributed by atoms with Gasteiger partial charge >= 0.3 is 6.03 Å². The van der Waals surface area contributed by atoms with Crippen molar-refractivity contribution in [3.05, 3.63) is 30.3 Å². The normalized spacial score (nSPS) is 19.6. The first-order chi connectivity index (χ1) is 7.79. The summed E-state index contributed by atoms with van der Waals surface area (Å²) in [5.41, 5.74) is 1.12. The van der Waals surface area contributed by atoms with E-state index in [-0.39, 0.29) is 6.03 Å². The number of carbonyl (C=O) groups is 1. The molecule has 1 aromatic rings. The molecule has 1 fully saturated rings. The zero-order chi connectivity index (χ0) is 11.4. The van der Waals surface area contributed by atoms with E-state index in [1.807, 2.05) is 35.2 Å². The van der Waals surface area contributed by atoms with Gasteiger partial charge in [-0.25, -0.2) is 4.79 Å². The summed E-state index contributed by atoms with van der Waals surface area (Å²) in [6, 6.07) is 10.5. The summed E-state index contributed by atoms with van der Waals surface area (Å²) in [5, 5.41) is 6.08. The van der Waals surface area contributed by atoms with E-state index in [4.69, 9.17) is 0 Å². The summed E-state index contributed by atoms with van der Waals surface area (Å²) in [7, 11) is 1.67. The topological polar surface area (TPSA) is 44.4 Å². The Morgan fingerprint density at radius 2 is 2.12 bits per heavy atom. The van der Waals surface area contributed by atoms with E-state index in [2.05, 4.69) is 10.6 Å². The third kappa shape index (κ3) is 2.45. The number of nitrogens with one attached hydrogen (secondary N) is 2. The maximum atomic E-state index is 11.4. The maximum Gasteiger partial charge on any atom is 0.317 e. The fraction of sp³-hybridized carbons (Fsp3) is 0.417. The number of hydrogen-bond acceptors (Lipinski definition) is 2.